The van der Waals surface area contributed by atoms with E-state index in [4.69, 9.17) is 0 Å². The fourth-order valence-electron chi connectivity index (χ4n) is 4.64. The van der Waals surface area contributed by atoms with Gasteiger partial charge < -0.3 is 10.6 Å². The van der Waals surface area contributed by atoms with Crippen molar-refractivity contribution < 1.29 is 22.6 Å². The Morgan fingerprint density at radius 2 is 1.11 bits per heavy atom. The maximum absolute atomic E-state index is 13.7. The van der Waals surface area contributed by atoms with Gasteiger partial charge in [-0.3, -0.25) is 14.1 Å². The van der Waals surface area contributed by atoms with Gasteiger partial charge in [0.1, 0.15) is 4.90 Å². The van der Waals surface area contributed by atoms with E-state index in [1.54, 1.807) is 49.4 Å². The number of carbonyl (C=O) groups excluding carboxylic acids is 2. The van der Waals surface area contributed by atoms with Crippen molar-refractivity contribution in [1.82, 2.24) is 0 Å². The van der Waals surface area contributed by atoms with Crippen LogP contribution in [0.3, 0.4) is 0 Å². The van der Waals surface area contributed by atoms with Crippen LogP contribution in [0.5, 0.6) is 0 Å². The summed E-state index contributed by atoms with van der Waals surface area (Å²) < 4.78 is 33.7. The van der Waals surface area contributed by atoms with Gasteiger partial charge in [-0.2, -0.15) is 8.42 Å². The molecule has 37 heavy (non-hydrogen) atoms. The normalized spacial score (nSPS) is 12.6. The fraction of sp³-hybridized carbons (Fsp3) is 0.103. The molecule has 8 heteroatoms. The Balaban J connectivity index is 1.60. The highest BCUT2D eigenvalue weighted by molar-refractivity contribution is 7.86. The van der Waals surface area contributed by atoms with Crippen LogP contribution in [-0.2, 0) is 10.1 Å². The van der Waals surface area contributed by atoms with Crippen molar-refractivity contribution in [3.63, 3.8) is 0 Å². The maximum atomic E-state index is 13.7. The summed E-state index contributed by atoms with van der Waals surface area (Å²) in [6.07, 6.45) is 0. The highest BCUT2D eigenvalue weighted by atomic mass is 32.2. The molecule has 0 spiro atoms. The van der Waals surface area contributed by atoms with Crippen LogP contribution >= 0.6 is 0 Å². The van der Waals surface area contributed by atoms with Crippen molar-refractivity contribution in [3.05, 3.63) is 112 Å². The third-order valence-corrected chi connectivity index (χ3v) is 7.30. The molecule has 0 fully saturated rings. The third-order valence-electron chi connectivity index (χ3n) is 6.41. The van der Waals surface area contributed by atoms with Crippen molar-refractivity contribution in [2.75, 3.05) is 10.6 Å². The van der Waals surface area contributed by atoms with Gasteiger partial charge >= 0.3 is 0 Å². The zero-order chi connectivity index (χ0) is 26.5. The number of aryl methyl sites for hydroxylation is 3. The minimum atomic E-state index is -4.53. The average Bonchev–Trinajstić information content (AvgIpc) is 2.84. The zero-order valence-corrected chi connectivity index (χ0v) is 21.2. The van der Waals surface area contributed by atoms with Gasteiger partial charge in [-0.25, -0.2) is 0 Å². The van der Waals surface area contributed by atoms with Crippen molar-refractivity contribution in [2.24, 2.45) is 0 Å². The predicted octanol–water partition coefficient (Wildman–Crippen LogP) is 6.12. The van der Waals surface area contributed by atoms with Crippen LogP contribution in [-0.4, -0.2) is 24.5 Å². The molecular formula is C29H24N2O5S. The number of hydrogen-bond donors (Lipinski definition) is 3. The largest absolute Gasteiger partial charge is 0.355 e. The second-order valence-corrected chi connectivity index (χ2v) is 10.5. The van der Waals surface area contributed by atoms with E-state index in [9.17, 15) is 22.6 Å². The highest BCUT2D eigenvalue weighted by Crippen LogP contribution is 2.38. The lowest BCUT2D eigenvalue weighted by Gasteiger charge is -2.24. The number of hydrogen-bond acceptors (Lipinski definition) is 6. The van der Waals surface area contributed by atoms with Crippen LogP contribution in [0, 0.1) is 20.8 Å². The number of ketones is 2. The average molecular weight is 513 g/mol. The number of rotatable bonds is 5. The molecule has 7 nitrogen and oxygen atoms in total. The van der Waals surface area contributed by atoms with Gasteiger partial charge in [0.05, 0.1) is 28.2 Å². The molecule has 1 aliphatic rings. The monoisotopic (exact) mass is 512 g/mol. The Morgan fingerprint density at radius 1 is 0.622 bits per heavy atom. The van der Waals surface area contributed by atoms with Crippen molar-refractivity contribution in [2.45, 2.75) is 25.7 Å². The Morgan fingerprint density at radius 3 is 1.62 bits per heavy atom. The molecule has 0 amide bonds. The summed E-state index contributed by atoms with van der Waals surface area (Å²) in [5, 5.41) is 6.27. The molecule has 0 bridgehead atoms. The molecule has 0 heterocycles. The van der Waals surface area contributed by atoms with E-state index in [-0.39, 0.29) is 50.1 Å². The second kappa shape index (κ2) is 8.99. The molecule has 4 aromatic carbocycles. The SMILES string of the molecule is Cc1ccc(Nc2cccc3c2C(=O)c2cccc(Nc4ccc(C)cc4S(=O)(=O)O)c2C3=O)c(C)c1. The standard InChI is InChI=1S/C29H24N2O5S/c1-16-10-12-21(18(3)14-16)30-23-8-4-6-19-26(23)28(32)20-7-5-9-24(27(20)29(19)33)31-22-13-11-17(2)15-25(22)37(34,35)36/h4-15,30-31H,1-3H3,(H,34,35,36). The lowest BCUT2D eigenvalue weighted by atomic mass is 9.82. The lowest BCUT2D eigenvalue weighted by molar-refractivity contribution is 0.0980. The van der Waals surface area contributed by atoms with Gasteiger partial charge in [-0.1, -0.05) is 48.0 Å². The summed E-state index contributed by atoms with van der Waals surface area (Å²) in [4.78, 5) is 27.1. The Kier molecular flexibility index (Phi) is 5.94. The quantitative estimate of drug-likeness (QED) is 0.243. The van der Waals surface area contributed by atoms with Gasteiger partial charge in [0.15, 0.2) is 11.6 Å². The molecule has 0 saturated carbocycles. The first-order chi connectivity index (χ1) is 17.5. The first-order valence-electron chi connectivity index (χ1n) is 11.6. The third kappa shape index (κ3) is 4.41. The van der Waals surface area contributed by atoms with E-state index < -0.39 is 10.1 Å². The van der Waals surface area contributed by atoms with E-state index in [2.05, 4.69) is 10.6 Å². The summed E-state index contributed by atoms with van der Waals surface area (Å²) in [6, 6.07) is 20.3. The minimum Gasteiger partial charge on any atom is -0.355 e. The number of anilines is 4. The Labute approximate surface area is 214 Å². The van der Waals surface area contributed by atoms with Crippen LogP contribution in [0.4, 0.5) is 22.7 Å². The smallest absolute Gasteiger partial charge is 0.296 e. The van der Waals surface area contributed by atoms with E-state index in [1.807, 2.05) is 32.0 Å². The predicted molar refractivity (Wildman–Crippen MR) is 143 cm³/mol. The number of benzene rings is 4. The molecule has 1 aliphatic carbocycles. The molecule has 3 N–H and O–H groups in total. The van der Waals surface area contributed by atoms with Crippen LogP contribution < -0.4 is 10.6 Å². The van der Waals surface area contributed by atoms with Crippen LogP contribution in [0.15, 0.2) is 77.7 Å². The topological polar surface area (TPSA) is 113 Å². The summed E-state index contributed by atoms with van der Waals surface area (Å²) in [5.41, 5.74) is 5.36. The molecule has 5 rings (SSSR count). The Bertz CT molecular complexity index is 1720. The van der Waals surface area contributed by atoms with Gasteiger partial charge in [0.2, 0.25) is 0 Å². The molecule has 186 valence electrons. The maximum Gasteiger partial charge on any atom is 0.296 e. The number of nitrogens with one attached hydrogen (secondary N) is 2. The van der Waals surface area contributed by atoms with Gasteiger partial charge in [-0.15, -0.1) is 0 Å². The van der Waals surface area contributed by atoms with E-state index in [0.29, 0.717) is 11.3 Å². The van der Waals surface area contributed by atoms with Crippen molar-refractivity contribution in [3.8, 4) is 0 Å². The first kappa shape index (κ1) is 24.4. The van der Waals surface area contributed by atoms with E-state index >= 15 is 0 Å². The molecular weight excluding hydrogens is 488 g/mol. The zero-order valence-electron chi connectivity index (χ0n) is 20.4. The number of carbonyl (C=O) groups is 2. The highest BCUT2D eigenvalue weighted by Gasteiger charge is 2.34. The van der Waals surface area contributed by atoms with E-state index in [1.165, 1.54) is 12.1 Å². The van der Waals surface area contributed by atoms with E-state index in [0.717, 1.165) is 16.8 Å². The molecule has 0 unspecified atom stereocenters. The molecule has 4 aromatic rings. The molecule has 0 saturated heterocycles. The van der Waals surface area contributed by atoms with Crippen molar-refractivity contribution in [1.29, 1.82) is 0 Å². The molecule has 0 aliphatic heterocycles. The first-order valence-corrected chi connectivity index (χ1v) is 13.0. The summed E-state index contributed by atoms with van der Waals surface area (Å²) in [6.45, 7) is 5.67. The lowest BCUT2D eigenvalue weighted by Crippen LogP contribution is -2.23. The van der Waals surface area contributed by atoms with Gasteiger partial charge in [-0.05, 0) is 62.2 Å². The van der Waals surface area contributed by atoms with Crippen molar-refractivity contribution >= 4 is 44.4 Å². The summed E-state index contributed by atoms with van der Waals surface area (Å²) >= 11 is 0. The molecule has 0 aromatic heterocycles. The number of fused-ring (bicyclic) bond motifs is 2. The molecule has 0 radical (unpaired) electrons. The second-order valence-electron chi connectivity index (χ2n) is 9.16. The minimum absolute atomic E-state index is 0.0952. The van der Waals surface area contributed by atoms with Crippen LogP contribution in [0.2, 0.25) is 0 Å². The molecule has 0 atom stereocenters. The van der Waals surface area contributed by atoms with Gasteiger partial charge in [0.25, 0.3) is 10.1 Å². The summed E-state index contributed by atoms with van der Waals surface area (Å²) in [5.74, 6) is -0.683. The fourth-order valence-corrected chi connectivity index (χ4v) is 5.37. The van der Waals surface area contributed by atoms with Gasteiger partial charge in [0, 0.05) is 16.8 Å². The summed E-state index contributed by atoms with van der Waals surface area (Å²) in [7, 11) is -4.53. The van der Waals surface area contributed by atoms with Crippen LogP contribution in [0.25, 0.3) is 0 Å². The van der Waals surface area contributed by atoms with Crippen LogP contribution in [0.1, 0.15) is 48.5 Å². The Hall–Kier alpha value is -4.27.